The molecule has 0 saturated carbocycles. The van der Waals surface area contributed by atoms with Crippen molar-refractivity contribution < 1.29 is 50.5 Å². The third-order valence-electron chi connectivity index (χ3n) is 8.34. The molecule has 2 heterocycles. The van der Waals surface area contributed by atoms with Crippen molar-refractivity contribution in [2.45, 2.75) is 23.6 Å². The molecule has 0 bridgehead atoms. The van der Waals surface area contributed by atoms with E-state index >= 15 is 0 Å². The number of pyridine rings is 1. The molecule has 24 heteroatoms. The van der Waals surface area contributed by atoms with Gasteiger partial charge in [-0.15, -0.1) is 20.5 Å². The Bertz CT molecular complexity index is 3060. The Hall–Kier alpha value is -7.82. The number of hydrogen-bond acceptors (Lipinski definition) is 17. The summed E-state index contributed by atoms with van der Waals surface area (Å²) in [5.74, 6) is -3.15. The molecule has 0 spiro atoms. The zero-order valence-corrected chi connectivity index (χ0v) is 34.1. The van der Waals surface area contributed by atoms with Gasteiger partial charge >= 0.3 is 11.9 Å². The van der Waals surface area contributed by atoms with Gasteiger partial charge in [0.25, 0.3) is 20.2 Å². The highest BCUT2D eigenvalue weighted by molar-refractivity contribution is 7.86. The summed E-state index contributed by atoms with van der Waals surface area (Å²) in [6, 6.07) is 21.5. The van der Waals surface area contributed by atoms with Crippen LogP contribution in [0.5, 0.6) is 0 Å². The third kappa shape index (κ3) is 10.5. The Labute approximate surface area is 354 Å². The topological polar surface area (TPSA) is 336 Å². The predicted octanol–water partition coefficient (Wildman–Crippen LogP) is 8.55. The lowest BCUT2D eigenvalue weighted by molar-refractivity contribution is -0.114. The fourth-order valence-electron chi connectivity index (χ4n) is 5.45. The summed E-state index contributed by atoms with van der Waals surface area (Å²) in [6.45, 7) is 2.88. The molecule has 0 atom stereocenters. The third-order valence-corrected chi connectivity index (χ3v) is 10.9. The number of benzene rings is 4. The highest BCUT2D eigenvalue weighted by Crippen LogP contribution is 2.43. The highest BCUT2D eigenvalue weighted by atomic mass is 32.2. The summed E-state index contributed by atoms with van der Waals surface area (Å²) < 4.78 is 65.4. The Balaban J connectivity index is 1.46. The standard InChI is InChI=1S/C38H28N10O11S3/c1-19-30(18-39)33(41-25-7-11-28(12-8-25)61(54,55)56)44-34(42-26-9-13-29(14-10-26)62(57,58)59)31(19)46-48-38-43-32(21-3-5-24(6-4-21)40-20(2)49)35(60-38)47-45-27-16-22(36(50)51)15-23(17-27)37(52)53/h3-17H,1-2H3,(H,40,49)(H,50,51)(H,52,53)(H2,41,42,44)(H,54,55,56)(H,57,58,59). The molecule has 21 nitrogen and oxygen atoms in total. The summed E-state index contributed by atoms with van der Waals surface area (Å²) in [6.07, 6.45) is 0. The van der Waals surface area contributed by atoms with Crippen LogP contribution in [0.3, 0.4) is 0 Å². The molecule has 62 heavy (non-hydrogen) atoms. The monoisotopic (exact) mass is 896 g/mol. The van der Waals surface area contributed by atoms with Crippen molar-refractivity contribution >= 4 is 99.6 Å². The van der Waals surface area contributed by atoms with E-state index in [9.17, 15) is 55.8 Å². The average Bonchev–Trinajstić information content (AvgIpc) is 3.62. The lowest BCUT2D eigenvalue weighted by Gasteiger charge is -2.16. The second-order valence-corrected chi connectivity index (χ2v) is 16.5. The molecular formula is C38H28N10O11S3. The maximum atomic E-state index is 11.7. The number of thiazole rings is 1. The number of carboxylic acids is 2. The fraction of sp³-hybridized carbons (Fsp3) is 0.0526. The van der Waals surface area contributed by atoms with E-state index in [2.05, 4.69) is 52.4 Å². The zero-order valence-electron chi connectivity index (χ0n) is 31.7. The summed E-state index contributed by atoms with van der Waals surface area (Å²) >= 11 is 0.872. The quantitative estimate of drug-likeness (QED) is 0.0397. The van der Waals surface area contributed by atoms with Crippen LogP contribution in [0.4, 0.5) is 50.2 Å². The van der Waals surface area contributed by atoms with E-state index in [0.29, 0.717) is 11.3 Å². The Kier molecular flexibility index (Phi) is 12.6. The van der Waals surface area contributed by atoms with Crippen LogP contribution in [-0.4, -0.2) is 64.0 Å². The maximum absolute atomic E-state index is 11.7. The minimum atomic E-state index is -4.53. The first-order valence-electron chi connectivity index (χ1n) is 17.3. The van der Waals surface area contributed by atoms with Gasteiger partial charge in [0.1, 0.15) is 17.5 Å². The number of amides is 1. The van der Waals surface area contributed by atoms with E-state index in [1.165, 1.54) is 38.1 Å². The van der Waals surface area contributed by atoms with Crippen molar-refractivity contribution in [3.63, 3.8) is 0 Å². The molecule has 4 aromatic carbocycles. The molecular weight excluding hydrogens is 869 g/mol. The smallest absolute Gasteiger partial charge is 0.335 e. The van der Waals surface area contributed by atoms with Crippen LogP contribution in [0.15, 0.2) is 121 Å². The van der Waals surface area contributed by atoms with Gasteiger partial charge in [-0.05, 0) is 85.8 Å². The number of aromatic nitrogens is 2. The van der Waals surface area contributed by atoms with Gasteiger partial charge in [0.15, 0.2) is 16.6 Å². The molecule has 7 N–H and O–H groups in total. The van der Waals surface area contributed by atoms with Crippen molar-refractivity contribution in [3.05, 3.63) is 113 Å². The molecule has 0 saturated heterocycles. The van der Waals surface area contributed by atoms with Crippen LogP contribution in [-0.2, 0) is 25.0 Å². The zero-order chi connectivity index (χ0) is 44.9. The van der Waals surface area contributed by atoms with Gasteiger partial charge in [-0.3, -0.25) is 13.9 Å². The van der Waals surface area contributed by atoms with Gasteiger partial charge in [-0.2, -0.15) is 22.1 Å². The molecule has 0 unspecified atom stereocenters. The number of rotatable bonds is 14. The lowest BCUT2D eigenvalue weighted by atomic mass is 10.1. The van der Waals surface area contributed by atoms with Crippen molar-refractivity contribution in [2.75, 3.05) is 16.0 Å². The van der Waals surface area contributed by atoms with Crippen LogP contribution in [0, 0.1) is 18.3 Å². The fourth-order valence-corrected chi connectivity index (χ4v) is 7.14. The Morgan fingerprint density at radius 2 is 1.21 bits per heavy atom. The molecule has 2 aromatic heterocycles. The number of nitriles is 1. The summed E-state index contributed by atoms with van der Waals surface area (Å²) in [7, 11) is -9.03. The number of anilines is 5. The lowest BCUT2D eigenvalue weighted by Crippen LogP contribution is -2.05. The van der Waals surface area contributed by atoms with Crippen molar-refractivity contribution in [1.29, 1.82) is 5.26 Å². The molecule has 1 amide bonds. The molecule has 6 rings (SSSR count). The van der Waals surface area contributed by atoms with E-state index < -0.39 is 37.1 Å². The number of hydrogen-bond donors (Lipinski definition) is 7. The Morgan fingerprint density at radius 1 is 0.694 bits per heavy atom. The van der Waals surface area contributed by atoms with Gasteiger partial charge in [-0.1, -0.05) is 23.5 Å². The molecule has 6 aromatic rings. The maximum Gasteiger partial charge on any atom is 0.335 e. The summed E-state index contributed by atoms with van der Waals surface area (Å²) in [5.41, 5.74) is 1.09. The van der Waals surface area contributed by atoms with Crippen LogP contribution in [0.2, 0.25) is 0 Å². The van der Waals surface area contributed by atoms with Crippen molar-refractivity contribution in [3.8, 4) is 17.3 Å². The molecule has 0 aliphatic rings. The number of nitrogens with one attached hydrogen (secondary N) is 3. The summed E-state index contributed by atoms with van der Waals surface area (Å²) in [4.78, 5) is 43.4. The van der Waals surface area contributed by atoms with E-state index in [4.69, 9.17) is 0 Å². The van der Waals surface area contributed by atoms with Gasteiger partial charge in [0.2, 0.25) is 11.0 Å². The van der Waals surface area contributed by atoms with E-state index in [1.54, 1.807) is 24.3 Å². The normalized spacial score (nSPS) is 11.7. The first-order chi connectivity index (χ1) is 29.3. The summed E-state index contributed by atoms with van der Waals surface area (Å²) in [5, 5.41) is 55.1. The number of carbonyl (C=O) groups excluding carboxylic acids is 1. The largest absolute Gasteiger partial charge is 0.478 e. The Morgan fingerprint density at radius 3 is 1.69 bits per heavy atom. The van der Waals surface area contributed by atoms with Gasteiger partial charge in [0.05, 0.1) is 32.2 Å². The first-order valence-corrected chi connectivity index (χ1v) is 21.0. The van der Waals surface area contributed by atoms with Crippen LogP contribution < -0.4 is 16.0 Å². The van der Waals surface area contributed by atoms with Gasteiger partial charge in [-0.25, -0.2) is 19.6 Å². The molecule has 314 valence electrons. The molecule has 0 aliphatic heterocycles. The van der Waals surface area contributed by atoms with Crippen molar-refractivity contribution in [2.24, 2.45) is 20.5 Å². The number of carbonyl (C=O) groups is 3. The molecule has 0 fully saturated rings. The van der Waals surface area contributed by atoms with Crippen LogP contribution in [0.25, 0.3) is 11.3 Å². The number of azo groups is 2. The average molecular weight is 897 g/mol. The number of carboxylic acid groups (broad SMARTS) is 2. The van der Waals surface area contributed by atoms with E-state index in [-0.39, 0.29) is 83.3 Å². The molecule has 0 aliphatic carbocycles. The van der Waals surface area contributed by atoms with Crippen molar-refractivity contribution in [1.82, 2.24) is 9.97 Å². The SMILES string of the molecule is CC(=O)Nc1ccc(-c2nc(N=Nc3c(Nc4ccc(S(=O)(=O)O)cc4)nc(Nc4ccc(S(=O)(=O)O)cc4)c(C#N)c3C)sc2N=Nc2cc(C(=O)O)cc(C(=O)O)c2)cc1. The second kappa shape index (κ2) is 17.8. The van der Waals surface area contributed by atoms with Gasteiger partial charge < -0.3 is 26.2 Å². The van der Waals surface area contributed by atoms with E-state index in [0.717, 1.165) is 53.8 Å². The number of nitrogens with zero attached hydrogens (tertiary/aromatic N) is 7. The van der Waals surface area contributed by atoms with Gasteiger partial charge in [0, 0.05) is 35.1 Å². The molecule has 0 radical (unpaired) electrons. The highest BCUT2D eigenvalue weighted by Gasteiger charge is 2.21. The van der Waals surface area contributed by atoms with Crippen LogP contribution in [0.1, 0.15) is 38.8 Å². The van der Waals surface area contributed by atoms with Crippen LogP contribution >= 0.6 is 11.3 Å². The minimum Gasteiger partial charge on any atom is -0.478 e. The predicted molar refractivity (Wildman–Crippen MR) is 223 cm³/mol. The minimum absolute atomic E-state index is 0.000972. The number of aromatic carboxylic acids is 2. The first kappa shape index (κ1) is 43.8. The second-order valence-electron chi connectivity index (χ2n) is 12.7. The van der Waals surface area contributed by atoms with E-state index in [1.807, 2.05) is 0 Å².